The first-order valence-corrected chi connectivity index (χ1v) is 10.5. The highest BCUT2D eigenvalue weighted by Crippen LogP contribution is 2.35. The summed E-state index contributed by atoms with van der Waals surface area (Å²) in [5.74, 6) is 1.12. The molecule has 0 radical (unpaired) electrons. The zero-order valence-electron chi connectivity index (χ0n) is 18.1. The first-order valence-electron chi connectivity index (χ1n) is 10.5. The molecule has 2 aromatic carbocycles. The predicted octanol–water partition coefficient (Wildman–Crippen LogP) is 5.66. The van der Waals surface area contributed by atoms with Crippen LogP contribution >= 0.6 is 0 Å². The molecule has 0 unspecified atom stereocenters. The Morgan fingerprint density at radius 1 is 1.03 bits per heavy atom. The van der Waals surface area contributed by atoms with E-state index in [1.165, 1.54) is 17.7 Å². The Morgan fingerprint density at radius 3 is 2.20 bits per heavy atom. The average molecular weight is 421 g/mol. The molecule has 1 saturated heterocycles. The molecule has 164 valence electrons. The Bertz CT molecular complexity index is 801. The lowest BCUT2D eigenvalue weighted by Crippen LogP contribution is -2.45. The molecule has 0 N–H and O–H groups in total. The SMILES string of the molecule is CC(C)N1CC[C@@H](c2ccc(N(C)C)cc2)[C@H](COc2ccc(C(F)(F)F)cc2)C1. The molecular formula is C24H31F3N2O. The van der Waals surface area contributed by atoms with Crippen molar-refractivity contribution in [2.24, 2.45) is 5.92 Å². The van der Waals surface area contributed by atoms with Crippen LogP contribution in [0.2, 0.25) is 0 Å². The summed E-state index contributed by atoms with van der Waals surface area (Å²) < 4.78 is 44.3. The molecule has 30 heavy (non-hydrogen) atoms. The molecule has 6 heteroatoms. The molecular weight excluding hydrogens is 389 g/mol. The standard InChI is InChI=1S/C24H31F3N2O/c1-17(2)29-14-13-23(18-5-9-21(10-6-18)28(3)4)19(15-29)16-30-22-11-7-20(8-12-22)24(25,26)27/h5-12,17,19,23H,13-16H2,1-4H3/t19-,23-/m0/s1. The molecule has 1 aliphatic heterocycles. The van der Waals surface area contributed by atoms with Crippen molar-refractivity contribution in [3.8, 4) is 5.75 Å². The minimum Gasteiger partial charge on any atom is -0.493 e. The fourth-order valence-corrected chi connectivity index (χ4v) is 4.10. The van der Waals surface area contributed by atoms with Crippen molar-refractivity contribution in [1.82, 2.24) is 4.90 Å². The monoisotopic (exact) mass is 420 g/mol. The summed E-state index contributed by atoms with van der Waals surface area (Å²) in [6.07, 6.45) is -3.29. The van der Waals surface area contributed by atoms with E-state index in [0.29, 0.717) is 24.3 Å². The number of nitrogens with zero attached hydrogens (tertiary/aromatic N) is 2. The fraction of sp³-hybridized carbons (Fsp3) is 0.500. The number of anilines is 1. The van der Waals surface area contributed by atoms with Gasteiger partial charge < -0.3 is 14.5 Å². The Labute approximate surface area is 177 Å². The Morgan fingerprint density at radius 2 is 1.67 bits per heavy atom. The number of rotatable bonds is 6. The van der Waals surface area contributed by atoms with Crippen molar-refractivity contribution in [2.75, 3.05) is 38.7 Å². The summed E-state index contributed by atoms with van der Waals surface area (Å²) in [5.41, 5.74) is 1.80. The molecule has 0 aliphatic carbocycles. The van der Waals surface area contributed by atoms with Crippen molar-refractivity contribution in [1.29, 1.82) is 0 Å². The van der Waals surface area contributed by atoms with Crippen LogP contribution in [0.25, 0.3) is 0 Å². The first kappa shape index (κ1) is 22.5. The normalized spacial score (nSPS) is 20.4. The summed E-state index contributed by atoms with van der Waals surface area (Å²) in [5, 5.41) is 0. The molecule has 3 rings (SSSR count). The van der Waals surface area contributed by atoms with E-state index in [1.807, 2.05) is 14.1 Å². The Kier molecular flexibility index (Phi) is 6.96. The van der Waals surface area contributed by atoms with E-state index in [9.17, 15) is 13.2 Å². The lowest BCUT2D eigenvalue weighted by Gasteiger charge is -2.40. The maximum atomic E-state index is 12.8. The van der Waals surface area contributed by atoms with Gasteiger partial charge in [-0.05, 0) is 74.7 Å². The second-order valence-corrected chi connectivity index (χ2v) is 8.56. The largest absolute Gasteiger partial charge is 0.493 e. The zero-order chi connectivity index (χ0) is 21.9. The van der Waals surface area contributed by atoms with Crippen molar-refractivity contribution < 1.29 is 17.9 Å². The number of alkyl halides is 3. The van der Waals surface area contributed by atoms with Crippen LogP contribution in [0.3, 0.4) is 0 Å². The molecule has 0 spiro atoms. The fourth-order valence-electron chi connectivity index (χ4n) is 4.10. The Balaban J connectivity index is 1.73. The average Bonchev–Trinajstić information content (AvgIpc) is 2.71. The van der Waals surface area contributed by atoms with Crippen molar-refractivity contribution in [2.45, 2.75) is 38.4 Å². The van der Waals surface area contributed by atoms with Gasteiger partial charge in [0.2, 0.25) is 0 Å². The lowest BCUT2D eigenvalue weighted by atomic mass is 9.80. The summed E-state index contributed by atoms with van der Waals surface area (Å²) in [6, 6.07) is 14.1. The van der Waals surface area contributed by atoms with Gasteiger partial charge in [0.05, 0.1) is 12.2 Å². The van der Waals surface area contributed by atoms with Gasteiger partial charge in [0.15, 0.2) is 0 Å². The van der Waals surface area contributed by atoms with E-state index in [1.54, 1.807) is 0 Å². The lowest BCUT2D eigenvalue weighted by molar-refractivity contribution is -0.137. The second-order valence-electron chi connectivity index (χ2n) is 8.56. The van der Waals surface area contributed by atoms with Gasteiger partial charge in [0, 0.05) is 38.3 Å². The van der Waals surface area contributed by atoms with Crippen LogP contribution in [0.5, 0.6) is 5.75 Å². The van der Waals surface area contributed by atoms with Gasteiger partial charge in [-0.1, -0.05) is 12.1 Å². The minimum atomic E-state index is -4.33. The summed E-state index contributed by atoms with van der Waals surface area (Å²) in [6.45, 7) is 6.82. The highest BCUT2D eigenvalue weighted by atomic mass is 19.4. The molecule has 2 atom stereocenters. The third-order valence-corrected chi connectivity index (χ3v) is 5.98. The van der Waals surface area contributed by atoms with E-state index in [2.05, 4.69) is 47.9 Å². The van der Waals surface area contributed by atoms with E-state index in [0.717, 1.165) is 37.3 Å². The van der Waals surface area contributed by atoms with Crippen LogP contribution in [0.15, 0.2) is 48.5 Å². The van der Waals surface area contributed by atoms with Crippen LogP contribution < -0.4 is 9.64 Å². The summed E-state index contributed by atoms with van der Waals surface area (Å²) >= 11 is 0. The van der Waals surface area contributed by atoms with E-state index in [-0.39, 0.29) is 5.92 Å². The van der Waals surface area contributed by atoms with Gasteiger partial charge in [-0.15, -0.1) is 0 Å². The molecule has 0 amide bonds. The molecule has 0 bridgehead atoms. The minimum absolute atomic E-state index is 0.272. The first-order chi connectivity index (χ1) is 14.1. The van der Waals surface area contributed by atoms with Crippen LogP contribution in [0.4, 0.5) is 18.9 Å². The van der Waals surface area contributed by atoms with E-state index < -0.39 is 11.7 Å². The van der Waals surface area contributed by atoms with Crippen LogP contribution in [0, 0.1) is 5.92 Å². The number of benzene rings is 2. The Hall–Kier alpha value is -2.21. The zero-order valence-corrected chi connectivity index (χ0v) is 18.1. The van der Waals surface area contributed by atoms with Crippen molar-refractivity contribution >= 4 is 5.69 Å². The highest BCUT2D eigenvalue weighted by Gasteiger charge is 2.32. The molecule has 1 fully saturated rings. The quantitative estimate of drug-likeness (QED) is 0.599. The predicted molar refractivity (Wildman–Crippen MR) is 115 cm³/mol. The number of hydrogen-bond donors (Lipinski definition) is 0. The number of piperidine rings is 1. The van der Waals surface area contributed by atoms with Crippen molar-refractivity contribution in [3.05, 3.63) is 59.7 Å². The number of ether oxygens (including phenoxy) is 1. The molecule has 2 aromatic rings. The molecule has 1 aliphatic rings. The van der Waals surface area contributed by atoms with Crippen LogP contribution in [-0.2, 0) is 6.18 Å². The molecule has 3 nitrogen and oxygen atoms in total. The third-order valence-electron chi connectivity index (χ3n) is 5.98. The van der Waals surface area contributed by atoms with Gasteiger partial charge in [0.1, 0.15) is 5.75 Å². The van der Waals surface area contributed by atoms with Gasteiger partial charge >= 0.3 is 6.18 Å². The van der Waals surface area contributed by atoms with Gasteiger partial charge in [-0.25, -0.2) is 0 Å². The second kappa shape index (κ2) is 9.29. The molecule has 0 aromatic heterocycles. The number of likely N-dealkylation sites (tertiary alicyclic amines) is 1. The van der Waals surface area contributed by atoms with Crippen LogP contribution in [0.1, 0.15) is 37.3 Å². The van der Waals surface area contributed by atoms with Gasteiger partial charge in [-0.2, -0.15) is 13.2 Å². The number of hydrogen-bond acceptors (Lipinski definition) is 3. The van der Waals surface area contributed by atoms with Gasteiger partial charge in [0.25, 0.3) is 0 Å². The van der Waals surface area contributed by atoms with E-state index >= 15 is 0 Å². The van der Waals surface area contributed by atoms with Gasteiger partial charge in [-0.3, -0.25) is 0 Å². The third kappa shape index (κ3) is 5.48. The van der Waals surface area contributed by atoms with E-state index in [4.69, 9.17) is 4.74 Å². The molecule has 0 saturated carbocycles. The molecule has 1 heterocycles. The smallest absolute Gasteiger partial charge is 0.416 e. The summed E-state index contributed by atoms with van der Waals surface area (Å²) in [4.78, 5) is 4.53. The topological polar surface area (TPSA) is 15.7 Å². The number of halogens is 3. The maximum Gasteiger partial charge on any atom is 0.416 e. The van der Waals surface area contributed by atoms with Crippen molar-refractivity contribution in [3.63, 3.8) is 0 Å². The maximum absolute atomic E-state index is 12.8. The summed E-state index contributed by atoms with van der Waals surface area (Å²) in [7, 11) is 4.05. The van der Waals surface area contributed by atoms with Crippen LogP contribution in [-0.4, -0.2) is 44.7 Å². The highest BCUT2D eigenvalue weighted by molar-refractivity contribution is 5.46.